The standard InChI is InChI=1S/C15H14BrClFN/c1-10(11-4-2-6-13(17)8-11)19-9-12-5-3-7-14(18)15(12)16/h2-8,10,19H,9H2,1H3/t10-/m1/s1. The molecule has 2 aromatic rings. The van der Waals surface area contributed by atoms with Crippen molar-refractivity contribution in [3.05, 3.63) is 68.9 Å². The molecular weight excluding hydrogens is 329 g/mol. The Kier molecular flexibility index (Phi) is 4.97. The van der Waals surface area contributed by atoms with Crippen LogP contribution in [0.3, 0.4) is 0 Å². The van der Waals surface area contributed by atoms with Gasteiger partial charge in [0.25, 0.3) is 0 Å². The molecule has 0 heterocycles. The highest BCUT2D eigenvalue weighted by molar-refractivity contribution is 9.10. The summed E-state index contributed by atoms with van der Waals surface area (Å²) in [7, 11) is 0. The second-order valence-corrected chi connectivity index (χ2v) is 5.60. The van der Waals surface area contributed by atoms with E-state index < -0.39 is 0 Å². The summed E-state index contributed by atoms with van der Waals surface area (Å²) in [6, 6.07) is 12.9. The van der Waals surface area contributed by atoms with Crippen LogP contribution in [0, 0.1) is 5.82 Å². The van der Waals surface area contributed by atoms with E-state index >= 15 is 0 Å². The predicted molar refractivity (Wildman–Crippen MR) is 80.8 cm³/mol. The van der Waals surface area contributed by atoms with Crippen molar-refractivity contribution >= 4 is 27.5 Å². The highest BCUT2D eigenvalue weighted by atomic mass is 79.9. The lowest BCUT2D eigenvalue weighted by Crippen LogP contribution is -2.18. The van der Waals surface area contributed by atoms with Crippen LogP contribution in [0.25, 0.3) is 0 Å². The summed E-state index contributed by atoms with van der Waals surface area (Å²) in [5.74, 6) is -0.241. The number of rotatable bonds is 4. The first-order valence-electron chi connectivity index (χ1n) is 5.99. The lowest BCUT2D eigenvalue weighted by Gasteiger charge is -2.15. The molecule has 1 N–H and O–H groups in total. The van der Waals surface area contributed by atoms with Gasteiger partial charge in [-0.25, -0.2) is 4.39 Å². The van der Waals surface area contributed by atoms with E-state index in [0.29, 0.717) is 11.0 Å². The Bertz CT molecular complexity index is 574. The van der Waals surface area contributed by atoms with Crippen molar-refractivity contribution in [2.24, 2.45) is 0 Å². The van der Waals surface area contributed by atoms with E-state index in [2.05, 4.69) is 28.2 Å². The molecule has 0 radical (unpaired) electrons. The van der Waals surface area contributed by atoms with E-state index in [1.807, 2.05) is 30.3 Å². The minimum Gasteiger partial charge on any atom is -0.306 e. The van der Waals surface area contributed by atoms with Crippen molar-refractivity contribution in [3.8, 4) is 0 Å². The normalized spacial score (nSPS) is 12.4. The molecule has 0 unspecified atom stereocenters. The van der Waals surface area contributed by atoms with Crippen molar-refractivity contribution in [3.63, 3.8) is 0 Å². The summed E-state index contributed by atoms with van der Waals surface area (Å²) >= 11 is 9.23. The number of benzene rings is 2. The first-order chi connectivity index (χ1) is 9.08. The molecule has 0 aliphatic rings. The van der Waals surface area contributed by atoms with Gasteiger partial charge in [-0.1, -0.05) is 35.9 Å². The molecule has 1 nitrogen and oxygen atoms in total. The third kappa shape index (κ3) is 3.78. The Morgan fingerprint density at radius 2 is 2.00 bits per heavy atom. The third-order valence-corrected chi connectivity index (χ3v) is 4.10. The van der Waals surface area contributed by atoms with Gasteiger partial charge in [0.05, 0.1) is 4.47 Å². The highest BCUT2D eigenvalue weighted by Gasteiger charge is 2.08. The number of halogens is 3. The predicted octanol–water partition coefficient (Wildman–Crippen LogP) is 5.09. The average Bonchev–Trinajstić information content (AvgIpc) is 2.40. The summed E-state index contributed by atoms with van der Waals surface area (Å²) in [4.78, 5) is 0. The Balaban J connectivity index is 2.04. The van der Waals surface area contributed by atoms with Crippen LogP contribution in [-0.2, 0) is 6.54 Å². The van der Waals surface area contributed by atoms with Gasteiger partial charge in [-0.05, 0) is 52.2 Å². The third-order valence-electron chi connectivity index (χ3n) is 2.98. The van der Waals surface area contributed by atoms with Gasteiger partial charge in [0, 0.05) is 17.6 Å². The maximum absolute atomic E-state index is 13.4. The van der Waals surface area contributed by atoms with Crippen LogP contribution in [0.1, 0.15) is 24.1 Å². The molecule has 0 spiro atoms. The van der Waals surface area contributed by atoms with Gasteiger partial charge < -0.3 is 5.32 Å². The topological polar surface area (TPSA) is 12.0 Å². The van der Waals surface area contributed by atoms with E-state index in [-0.39, 0.29) is 11.9 Å². The SMILES string of the molecule is C[C@@H](NCc1cccc(F)c1Br)c1cccc(Cl)c1. The first-order valence-corrected chi connectivity index (χ1v) is 7.17. The largest absolute Gasteiger partial charge is 0.306 e. The number of nitrogens with one attached hydrogen (secondary N) is 1. The second-order valence-electron chi connectivity index (χ2n) is 4.37. The lowest BCUT2D eigenvalue weighted by molar-refractivity contribution is 0.566. The fourth-order valence-electron chi connectivity index (χ4n) is 1.84. The van der Waals surface area contributed by atoms with Crippen LogP contribution in [0.2, 0.25) is 5.02 Å². The van der Waals surface area contributed by atoms with Crippen molar-refractivity contribution in [1.29, 1.82) is 0 Å². The summed E-state index contributed by atoms with van der Waals surface area (Å²) in [5.41, 5.74) is 2.01. The molecule has 0 saturated carbocycles. The van der Waals surface area contributed by atoms with Crippen LogP contribution in [0.5, 0.6) is 0 Å². The van der Waals surface area contributed by atoms with Crippen molar-refractivity contribution in [1.82, 2.24) is 5.32 Å². The van der Waals surface area contributed by atoms with Gasteiger partial charge in [0.1, 0.15) is 5.82 Å². The second kappa shape index (κ2) is 6.51. The van der Waals surface area contributed by atoms with Crippen LogP contribution in [-0.4, -0.2) is 0 Å². The fourth-order valence-corrected chi connectivity index (χ4v) is 2.45. The molecule has 0 bridgehead atoms. The Morgan fingerprint density at radius 1 is 1.26 bits per heavy atom. The van der Waals surface area contributed by atoms with Gasteiger partial charge in [-0.3, -0.25) is 0 Å². The van der Waals surface area contributed by atoms with Crippen LogP contribution in [0.15, 0.2) is 46.9 Å². The minimum atomic E-state index is -0.241. The number of hydrogen-bond acceptors (Lipinski definition) is 1. The molecule has 2 rings (SSSR count). The van der Waals surface area contributed by atoms with E-state index in [1.165, 1.54) is 6.07 Å². The van der Waals surface area contributed by atoms with E-state index in [0.717, 1.165) is 16.1 Å². The molecule has 100 valence electrons. The van der Waals surface area contributed by atoms with Gasteiger partial charge in [0.15, 0.2) is 0 Å². The average molecular weight is 343 g/mol. The molecule has 0 aliphatic carbocycles. The zero-order chi connectivity index (χ0) is 13.8. The van der Waals surface area contributed by atoms with Crippen LogP contribution < -0.4 is 5.32 Å². The molecule has 0 aliphatic heterocycles. The van der Waals surface area contributed by atoms with Gasteiger partial charge >= 0.3 is 0 Å². The van der Waals surface area contributed by atoms with Gasteiger partial charge in [0.2, 0.25) is 0 Å². The van der Waals surface area contributed by atoms with Crippen molar-refractivity contribution in [2.75, 3.05) is 0 Å². The maximum Gasteiger partial charge on any atom is 0.137 e. The smallest absolute Gasteiger partial charge is 0.137 e. The zero-order valence-electron chi connectivity index (χ0n) is 10.5. The fraction of sp³-hybridized carbons (Fsp3) is 0.200. The Hall–Kier alpha value is -0.900. The molecule has 4 heteroatoms. The zero-order valence-corrected chi connectivity index (χ0v) is 12.8. The first kappa shape index (κ1) is 14.5. The lowest BCUT2D eigenvalue weighted by atomic mass is 10.1. The summed E-state index contributed by atoms with van der Waals surface area (Å²) < 4.78 is 13.9. The molecular formula is C15H14BrClFN. The molecule has 0 aromatic heterocycles. The maximum atomic E-state index is 13.4. The molecule has 0 saturated heterocycles. The quantitative estimate of drug-likeness (QED) is 0.816. The van der Waals surface area contributed by atoms with E-state index in [1.54, 1.807) is 6.07 Å². The van der Waals surface area contributed by atoms with Crippen molar-refractivity contribution in [2.45, 2.75) is 19.5 Å². The summed E-state index contributed by atoms with van der Waals surface area (Å²) in [5, 5.41) is 4.08. The highest BCUT2D eigenvalue weighted by Crippen LogP contribution is 2.22. The van der Waals surface area contributed by atoms with Crippen LogP contribution >= 0.6 is 27.5 Å². The monoisotopic (exact) mass is 341 g/mol. The molecule has 0 amide bonds. The molecule has 19 heavy (non-hydrogen) atoms. The van der Waals surface area contributed by atoms with E-state index in [9.17, 15) is 4.39 Å². The minimum absolute atomic E-state index is 0.147. The summed E-state index contributed by atoms with van der Waals surface area (Å²) in [6.07, 6.45) is 0. The van der Waals surface area contributed by atoms with Gasteiger partial charge in [-0.2, -0.15) is 0 Å². The van der Waals surface area contributed by atoms with Gasteiger partial charge in [-0.15, -0.1) is 0 Å². The Morgan fingerprint density at radius 3 is 2.74 bits per heavy atom. The number of hydrogen-bond donors (Lipinski definition) is 1. The molecule has 0 fully saturated rings. The molecule has 2 aromatic carbocycles. The summed E-state index contributed by atoms with van der Waals surface area (Å²) in [6.45, 7) is 2.64. The Labute approximate surface area is 125 Å². The molecule has 1 atom stereocenters. The van der Waals surface area contributed by atoms with E-state index in [4.69, 9.17) is 11.6 Å². The van der Waals surface area contributed by atoms with Crippen molar-refractivity contribution < 1.29 is 4.39 Å². The van der Waals surface area contributed by atoms with Crippen LogP contribution in [0.4, 0.5) is 4.39 Å².